The normalized spacial score (nSPS) is 10.5. The fourth-order valence-electron chi connectivity index (χ4n) is 2.31. The van der Waals surface area contributed by atoms with Crippen LogP contribution in [0.4, 0.5) is 13.8 Å². The van der Waals surface area contributed by atoms with Gasteiger partial charge in [0.05, 0.1) is 0 Å². The molecule has 0 atom stereocenters. The average molecular weight is 359 g/mol. The maximum Gasteiger partial charge on any atom is 0.339 e. The minimum Gasteiger partial charge on any atom is -0.478 e. The Morgan fingerprint density at radius 2 is 1.72 bits per heavy atom. The van der Waals surface area contributed by atoms with Gasteiger partial charge in [0.2, 0.25) is 0 Å². The lowest BCUT2D eigenvalue weighted by Gasteiger charge is -2.06. The largest absolute Gasteiger partial charge is 0.478 e. The van der Waals surface area contributed by atoms with Crippen molar-refractivity contribution in [2.24, 2.45) is 0 Å². The molecule has 0 spiro atoms. The standard InChI is InChI=1S/C18H11F2NO3S/c19-13-7-6-11(8-14(13)20)16(22)21-17-15(18(23)24)12(9-25-17)10-4-2-1-3-5-10/h1-9H,(H,21,22)(H,23,24). The third-order valence-electron chi connectivity index (χ3n) is 3.50. The SMILES string of the molecule is O=C(Nc1scc(-c2ccccc2)c1C(=O)O)c1ccc(F)c(F)c1. The minimum atomic E-state index is -1.19. The van der Waals surface area contributed by atoms with Gasteiger partial charge in [0.1, 0.15) is 10.6 Å². The van der Waals surface area contributed by atoms with Gasteiger partial charge in [-0.1, -0.05) is 30.3 Å². The highest BCUT2D eigenvalue weighted by atomic mass is 32.1. The molecule has 2 N–H and O–H groups in total. The molecule has 0 aliphatic rings. The summed E-state index contributed by atoms with van der Waals surface area (Å²) in [6.45, 7) is 0. The number of hydrogen-bond donors (Lipinski definition) is 2. The molecule has 0 radical (unpaired) electrons. The van der Waals surface area contributed by atoms with Crippen molar-refractivity contribution in [3.05, 3.63) is 76.7 Å². The first-order valence-electron chi connectivity index (χ1n) is 7.14. The Bertz CT molecular complexity index is 954. The molecule has 4 nitrogen and oxygen atoms in total. The second kappa shape index (κ2) is 6.82. The van der Waals surface area contributed by atoms with Crippen LogP contribution in [0.2, 0.25) is 0 Å². The zero-order chi connectivity index (χ0) is 18.0. The van der Waals surface area contributed by atoms with Gasteiger partial charge in [-0.2, -0.15) is 0 Å². The third-order valence-corrected chi connectivity index (χ3v) is 4.39. The summed E-state index contributed by atoms with van der Waals surface area (Å²) in [5.74, 6) is -4.13. The summed E-state index contributed by atoms with van der Waals surface area (Å²) in [5.41, 5.74) is 1.01. The number of carboxylic acid groups (broad SMARTS) is 1. The summed E-state index contributed by atoms with van der Waals surface area (Å²) in [6, 6.07) is 11.6. The summed E-state index contributed by atoms with van der Waals surface area (Å²) < 4.78 is 26.2. The summed E-state index contributed by atoms with van der Waals surface area (Å²) in [4.78, 5) is 23.9. The van der Waals surface area contributed by atoms with Crippen LogP contribution in [0.5, 0.6) is 0 Å². The number of anilines is 1. The number of hydrogen-bond acceptors (Lipinski definition) is 3. The Morgan fingerprint density at radius 3 is 2.36 bits per heavy atom. The Kier molecular flexibility index (Phi) is 4.58. The van der Waals surface area contributed by atoms with Crippen molar-refractivity contribution in [2.45, 2.75) is 0 Å². The van der Waals surface area contributed by atoms with Crippen molar-refractivity contribution in [2.75, 3.05) is 5.32 Å². The van der Waals surface area contributed by atoms with Crippen LogP contribution in [-0.2, 0) is 0 Å². The molecule has 0 aliphatic heterocycles. The van der Waals surface area contributed by atoms with E-state index in [-0.39, 0.29) is 16.1 Å². The topological polar surface area (TPSA) is 66.4 Å². The quantitative estimate of drug-likeness (QED) is 0.713. The molecule has 0 saturated heterocycles. The van der Waals surface area contributed by atoms with Gasteiger partial charge in [-0.25, -0.2) is 13.6 Å². The van der Waals surface area contributed by atoms with E-state index in [1.807, 2.05) is 6.07 Å². The van der Waals surface area contributed by atoms with Crippen LogP contribution in [0.15, 0.2) is 53.9 Å². The van der Waals surface area contributed by atoms with Crippen LogP contribution in [0.3, 0.4) is 0 Å². The van der Waals surface area contributed by atoms with Gasteiger partial charge >= 0.3 is 5.97 Å². The lowest BCUT2D eigenvalue weighted by Crippen LogP contribution is -2.14. The lowest BCUT2D eigenvalue weighted by molar-refractivity contribution is 0.0699. The van der Waals surface area contributed by atoms with Crippen LogP contribution in [0.25, 0.3) is 11.1 Å². The van der Waals surface area contributed by atoms with E-state index < -0.39 is 23.5 Å². The van der Waals surface area contributed by atoms with Crippen LogP contribution < -0.4 is 5.32 Å². The van der Waals surface area contributed by atoms with Crippen molar-refractivity contribution in [3.8, 4) is 11.1 Å². The molecule has 1 aromatic heterocycles. The van der Waals surface area contributed by atoms with E-state index in [0.29, 0.717) is 11.1 Å². The van der Waals surface area contributed by atoms with E-state index in [1.54, 1.807) is 29.6 Å². The molecule has 3 rings (SSSR count). The lowest BCUT2D eigenvalue weighted by atomic mass is 10.0. The number of thiophene rings is 1. The van der Waals surface area contributed by atoms with Crippen LogP contribution >= 0.6 is 11.3 Å². The third kappa shape index (κ3) is 3.41. The highest BCUT2D eigenvalue weighted by Crippen LogP contribution is 2.35. The van der Waals surface area contributed by atoms with Gasteiger partial charge < -0.3 is 10.4 Å². The molecule has 3 aromatic rings. The Balaban J connectivity index is 1.95. The number of carbonyl (C=O) groups excluding carboxylic acids is 1. The van der Waals surface area contributed by atoms with Crippen molar-refractivity contribution in [1.29, 1.82) is 0 Å². The molecule has 1 amide bonds. The van der Waals surface area contributed by atoms with Crippen molar-refractivity contribution in [3.63, 3.8) is 0 Å². The maximum absolute atomic E-state index is 13.3. The number of aromatic carboxylic acids is 1. The Hall–Kier alpha value is -3.06. The van der Waals surface area contributed by atoms with Crippen LogP contribution in [0.1, 0.15) is 20.7 Å². The second-order valence-corrected chi connectivity index (χ2v) is 5.99. The van der Waals surface area contributed by atoms with E-state index >= 15 is 0 Å². The zero-order valence-electron chi connectivity index (χ0n) is 12.6. The molecule has 0 saturated carbocycles. The molecule has 7 heteroatoms. The molecule has 0 bridgehead atoms. The molecular formula is C18H11F2NO3S. The fraction of sp³-hybridized carbons (Fsp3) is 0. The zero-order valence-corrected chi connectivity index (χ0v) is 13.4. The van der Waals surface area contributed by atoms with Crippen LogP contribution in [-0.4, -0.2) is 17.0 Å². The highest BCUT2D eigenvalue weighted by molar-refractivity contribution is 7.15. The molecule has 0 fully saturated rings. The predicted octanol–water partition coefficient (Wildman–Crippen LogP) is 4.64. The van der Waals surface area contributed by atoms with Gasteiger partial charge in [0, 0.05) is 16.5 Å². The smallest absolute Gasteiger partial charge is 0.339 e. The molecular weight excluding hydrogens is 348 g/mol. The van der Waals surface area contributed by atoms with Gasteiger partial charge in [0.25, 0.3) is 5.91 Å². The predicted molar refractivity (Wildman–Crippen MR) is 91.0 cm³/mol. The maximum atomic E-state index is 13.3. The van der Waals surface area contributed by atoms with E-state index in [0.717, 1.165) is 29.5 Å². The van der Waals surface area contributed by atoms with Gasteiger partial charge in [0.15, 0.2) is 11.6 Å². The van der Waals surface area contributed by atoms with E-state index in [4.69, 9.17) is 0 Å². The number of amides is 1. The van der Waals surface area contributed by atoms with Gasteiger partial charge in [-0.15, -0.1) is 11.3 Å². The van der Waals surface area contributed by atoms with Crippen LogP contribution in [0, 0.1) is 11.6 Å². The first kappa shape index (κ1) is 16.8. The average Bonchev–Trinajstić information content (AvgIpc) is 3.02. The molecule has 126 valence electrons. The van der Waals surface area contributed by atoms with Crippen molar-refractivity contribution < 1.29 is 23.5 Å². The van der Waals surface area contributed by atoms with E-state index in [2.05, 4.69) is 5.32 Å². The number of nitrogens with one attached hydrogen (secondary N) is 1. The molecule has 0 aliphatic carbocycles. The molecule has 25 heavy (non-hydrogen) atoms. The highest BCUT2D eigenvalue weighted by Gasteiger charge is 2.21. The van der Waals surface area contributed by atoms with E-state index in [9.17, 15) is 23.5 Å². The first-order valence-corrected chi connectivity index (χ1v) is 8.02. The second-order valence-electron chi connectivity index (χ2n) is 5.11. The molecule has 1 heterocycles. The minimum absolute atomic E-state index is 0.0490. The van der Waals surface area contributed by atoms with Crippen molar-refractivity contribution in [1.82, 2.24) is 0 Å². The monoisotopic (exact) mass is 359 g/mol. The molecule has 2 aromatic carbocycles. The van der Waals surface area contributed by atoms with E-state index in [1.165, 1.54) is 0 Å². The summed E-state index contributed by atoms with van der Waals surface area (Å²) >= 11 is 1.05. The summed E-state index contributed by atoms with van der Waals surface area (Å²) in [5, 5.41) is 13.7. The first-order chi connectivity index (χ1) is 12.0. The number of carboxylic acids is 1. The fourth-order valence-corrected chi connectivity index (χ4v) is 3.26. The summed E-state index contributed by atoms with van der Waals surface area (Å²) in [6.07, 6.45) is 0. The van der Waals surface area contributed by atoms with Gasteiger partial charge in [-0.3, -0.25) is 4.79 Å². The number of halogens is 2. The number of benzene rings is 2. The number of carbonyl (C=O) groups is 2. The summed E-state index contributed by atoms with van der Waals surface area (Å²) in [7, 11) is 0. The Morgan fingerprint density at radius 1 is 1.00 bits per heavy atom. The number of rotatable bonds is 4. The Labute approximate surface area is 145 Å². The van der Waals surface area contributed by atoms with Crippen molar-refractivity contribution >= 4 is 28.2 Å². The van der Waals surface area contributed by atoms with Gasteiger partial charge in [-0.05, 0) is 23.8 Å². The molecule has 0 unspecified atom stereocenters.